The van der Waals surface area contributed by atoms with Crippen molar-refractivity contribution in [1.29, 1.82) is 0 Å². The highest BCUT2D eigenvalue weighted by Gasteiger charge is 2.40. The van der Waals surface area contributed by atoms with E-state index in [0.717, 1.165) is 29.5 Å². The first kappa shape index (κ1) is 20.3. The van der Waals surface area contributed by atoms with Gasteiger partial charge in [-0.2, -0.15) is 0 Å². The molecular formula is C22H28O4. The number of ether oxygens (including phenoxy) is 1. The Bertz CT molecular complexity index is 681. The number of unbranched alkanes of at least 4 members (excludes halogenated alkanes) is 1. The molecule has 0 radical (unpaired) electrons. The van der Waals surface area contributed by atoms with E-state index in [2.05, 4.69) is 0 Å². The maximum atomic E-state index is 12.2. The van der Waals surface area contributed by atoms with Crippen LogP contribution in [0.25, 0.3) is 11.1 Å². The summed E-state index contributed by atoms with van der Waals surface area (Å²) in [5, 5.41) is 19.7. The highest BCUT2D eigenvalue weighted by molar-refractivity contribution is 5.88. The number of hydrogen-bond acceptors (Lipinski definition) is 4. The van der Waals surface area contributed by atoms with Gasteiger partial charge < -0.3 is 14.9 Å². The Morgan fingerprint density at radius 1 is 1.08 bits per heavy atom. The van der Waals surface area contributed by atoms with Gasteiger partial charge in [0, 0.05) is 0 Å². The molecule has 4 heteroatoms. The maximum absolute atomic E-state index is 12.2. The van der Waals surface area contributed by atoms with Gasteiger partial charge in [-0.15, -0.1) is 0 Å². The Balaban J connectivity index is 2.07. The minimum atomic E-state index is -1.40. The Morgan fingerprint density at radius 2 is 1.69 bits per heavy atom. The van der Waals surface area contributed by atoms with Crippen molar-refractivity contribution in [3.8, 4) is 11.1 Å². The van der Waals surface area contributed by atoms with Crippen LogP contribution in [-0.2, 0) is 16.1 Å². The van der Waals surface area contributed by atoms with Crippen LogP contribution in [0.4, 0.5) is 0 Å². The first-order valence-corrected chi connectivity index (χ1v) is 9.11. The van der Waals surface area contributed by atoms with E-state index in [9.17, 15) is 15.0 Å². The van der Waals surface area contributed by atoms with Crippen molar-refractivity contribution in [3.05, 3.63) is 60.2 Å². The minimum absolute atomic E-state index is 0.195. The normalized spacial score (nSPS) is 14.6. The fourth-order valence-corrected chi connectivity index (χ4v) is 2.85. The largest absolute Gasteiger partial charge is 0.390 e. The summed E-state index contributed by atoms with van der Waals surface area (Å²) in [6.07, 6.45) is 1.24. The van der Waals surface area contributed by atoms with Gasteiger partial charge in [0.1, 0.15) is 6.61 Å². The molecule has 0 spiro atoms. The average Bonchev–Trinajstić information content (AvgIpc) is 2.70. The van der Waals surface area contributed by atoms with Crippen LogP contribution in [0.5, 0.6) is 0 Å². The summed E-state index contributed by atoms with van der Waals surface area (Å²) >= 11 is 0. The molecule has 4 nitrogen and oxygen atoms in total. The van der Waals surface area contributed by atoms with Crippen molar-refractivity contribution in [2.75, 3.05) is 6.61 Å². The van der Waals surface area contributed by atoms with Gasteiger partial charge in [0.25, 0.3) is 0 Å². The Morgan fingerprint density at radius 3 is 2.27 bits per heavy atom. The highest BCUT2D eigenvalue weighted by Crippen LogP contribution is 2.25. The van der Waals surface area contributed by atoms with E-state index in [-0.39, 0.29) is 6.61 Å². The maximum Gasteiger partial charge on any atom is 0.192 e. The van der Waals surface area contributed by atoms with Gasteiger partial charge in [0.2, 0.25) is 0 Å². The Hall–Kier alpha value is -2.01. The van der Waals surface area contributed by atoms with Crippen LogP contribution < -0.4 is 0 Å². The molecule has 0 saturated heterocycles. The van der Waals surface area contributed by atoms with E-state index in [1.807, 2.05) is 61.5 Å². The van der Waals surface area contributed by atoms with E-state index in [4.69, 9.17) is 4.74 Å². The molecule has 2 aromatic rings. The Kier molecular flexibility index (Phi) is 7.51. The van der Waals surface area contributed by atoms with Crippen LogP contribution in [0.1, 0.15) is 38.7 Å². The van der Waals surface area contributed by atoms with E-state index >= 15 is 0 Å². The van der Waals surface area contributed by atoms with Gasteiger partial charge in [-0.25, -0.2) is 0 Å². The lowest BCUT2D eigenvalue weighted by molar-refractivity contribution is -0.165. The standard InChI is InChI=1S/C22H28O4/c1-3-4-10-20(24)22(2,21(25)15-23)26-16-17-11-13-19(14-12-17)18-8-6-5-7-9-18/h5-9,11-14,20,23-24H,3-4,10,15-16H2,1-2H3/t20-,22-/m0/s1. The summed E-state index contributed by atoms with van der Waals surface area (Å²) in [5.74, 6) is -0.498. The monoisotopic (exact) mass is 356 g/mol. The van der Waals surface area contributed by atoms with Crippen molar-refractivity contribution in [2.45, 2.75) is 51.4 Å². The van der Waals surface area contributed by atoms with Gasteiger partial charge in [-0.1, -0.05) is 74.4 Å². The second-order valence-corrected chi connectivity index (χ2v) is 6.70. The van der Waals surface area contributed by atoms with Crippen molar-refractivity contribution in [3.63, 3.8) is 0 Å². The molecular weight excluding hydrogens is 328 g/mol. The molecule has 0 bridgehead atoms. The third-order valence-corrected chi connectivity index (χ3v) is 4.76. The minimum Gasteiger partial charge on any atom is -0.390 e. The zero-order valence-corrected chi connectivity index (χ0v) is 15.5. The topological polar surface area (TPSA) is 66.8 Å². The summed E-state index contributed by atoms with van der Waals surface area (Å²) in [5.41, 5.74) is 1.74. The quantitative estimate of drug-likeness (QED) is 0.680. The molecule has 2 aromatic carbocycles. The first-order chi connectivity index (χ1) is 12.5. The number of benzene rings is 2. The summed E-state index contributed by atoms with van der Waals surface area (Å²) in [6.45, 7) is 3.13. The van der Waals surface area contributed by atoms with Gasteiger partial charge in [-0.05, 0) is 30.0 Å². The molecule has 0 unspecified atom stereocenters. The summed E-state index contributed by atoms with van der Waals surface area (Å²) in [4.78, 5) is 12.2. The van der Waals surface area contributed by atoms with E-state index in [1.54, 1.807) is 6.92 Å². The van der Waals surface area contributed by atoms with Crippen molar-refractivity contribution in [2.24, 2.45) is 0 Å². The molecule has 0 saturated carbocycles. The summed E-state index contributed by atoms with van der Waals surface area (Å²) < 4.78 is 5.81. The van der Waals surface area contributed by atoms with E-state index < -0.39 is 24.1 Å². The number of rotatable bonds is 10. The van der Waals surface area contributed by atoms with Gasteiger partial charge >= 0.3 is 0 Å². The number of aliphatic hydroxyl groups is 2. The van der Waals surface area contributed by atoms with E-state index in [0.29, 0.717) is 6.42 Å². The highest BCUT2D eigenvalue weighted by atomic mass is 16.5. The number of hydrogen-bond donors (Lipinski definition) is 2. The smallest absolute Gasteiger partial charge is 0.192 e. The summed E-state index contributed by atoms with van der Waals surface area (Å²) in [7, 11) is 0. The van der Waals surface area contributed by atoms with Crippen LogP contribution in [0.3, 0.4) is 0 Å². The molecule has 26 heavy (non-hydrogen) atoms. The fourth-order valence-electron chi connectivity index (χ4n) is 2.85. The number of carbonyl (C=O) groups is 1. The van der Waals surface area contributed by atoms with Crippen LogP contribution in [0.2, 0.25) is 0 Å². The second kappa shape index (κ2) is 9.62. The van der Waals surface area contributed by atoms with Crippen molar-refractivity contribution < 1.29 is 19.7 Å². The Labute approximate surface area is 155 Å². The lowest BCUT2D eigenvalue weighted by atomic mass is 9.90. The molecule has 2 atom stereocenters. The SMILES string of the molecule is CCCC[C@H](O)[C@](C)(OCc1ccc(-c2ccccc2)cc1)C(=O)CO. The molecule has 0 heterocycles. The molecule has 0 aliphatic carbocycles. The molecule has 0 aromatic heterocycles. The van der Waals surface area contributed by atoms with Crippen LogP contribution in [-0.4, -0.2) is 34.3 Å². The predicted molar refractivity (Wildman–Crippen MR) is 103 cm³/mol. The predicted octanol–water partition coefficient (Wildman–Crippen LogP) is 3.74. The van der Waals surface area contributed by atoms with Crippen molar-refractivity contribution in [1.82, 2.24) is 0 Å². The van der Waals surface area contributed by atoms with E-state index in [1.165, 1.54) is 0 Å². The molecule has 0 fully saturated rings. The molecule has 2 N–H and O–H groups in total. The number of ketones is 1. The zero-order chi connectivity index (χ0) is 19.0. The first-order valence-electron chi connectivity index (χ1n) is 9.11. The molecule has 0 amide bonds. The number of carbonyl (C=O) groups excluding carboxylic acids is 1. The van der Waals surface area contributed by atoms with Crippen LogP contribution >= 0.6 is 0 Å². The molecule has 0 aliphatic heterocycles. The lowest BCUT2D eigenvalue weighted by Gasteiger charge is -2.33. The zero-order valence-electron chi connectivity index (χ0n) is 15.5. The average molecular weight is 356 g/mol. The lowest BCUT2D eigenvalue weighted by Crippen LogP contribution is -2.50. The number of Topliss-reactive ketones (excluding diaryl/α,β-unsaturated/α-hetero) is 1. The second-order valence-electron chi connectivity index (χ2n) is 6.70. The molecule has 2 rings (SSSR count). The van der Waals surface area contributed by atoms with Gasteiger partial charge in [0.05, 0.1) is 12.7 Å². The van der Waals surface area contributed by atoms with Crippen molar-refractivity contribution >= 4 is 5.78 Å². The third kappa shape index (κ3) is 5.01. The molecule has 0 aliphatic rings. The number of aliphatic hydroxyl groups excluding tert-OH is 2. The third-order valence-electron chi connectivity index (χ3n) is 4.76. The fraction of sp³-hybridized carbons (Fsp3) is 0.409. The van der Waals surface area contributed by atoms with Gasteiger partial charge in [-0.3, -0.25) is 4.79 Å². The summed E-state index contributed by atoms with van der Waals surface area (Å²) in [6, 6.07) is 18.0. The van der Waals surface area contributed by atoms with Crippen LogP contribution in [0.15, 0.2) is 54.6 Å². The molecule has 140 valence electrons. The van der Waals surface area contributed by atoms with Gasteiger partial charge in [0.15, 0.2) is 11.4 Å². The van der Waals surface area contributed by atoms with Crippen LogP contribution in [0, 0.1) is 0 Å².